The highest BCUT2D eigenvalue weighted by molar-refractivity contribution is 7.09. The van der Waals surface area contributed by atoms with Crippen LogP contribution in [0.4, 0.5) is 0 Å². The van der Waals surface area contributed by atoms with E-state index in [1.165, 1.54) is 10.4 Å². The number of aryl methyl sites for hydroxylation is 1. The first-order chi connectivity index (χ1) is 10.0. The molecule has 0 aliphatic heterocycles. The molecular weight excluding hydrogens is 282 g/mol. The van der Waals surface area contributed by atoms with Gasteiger partial charge in [0.15, 0.2) is 0 Å². The smallest absolute Gasteiger partial charge is 0.119 e. The van der Waals surface area contributed by atoms with Crippen LogP contribution < -0.4 is 10.5 Å². The molecule has 0 aliphatic rings. The minimum atomic E-state index is 0.0235. The summed E-state index contributed by atoms with van der Waals surface area (Å²) in [7, 11) is 3.79. The molecule has 2 aromatic rings. The maximum atomic E-state index is 6.23. The highest BCUT2D eigenvalue weighted by atomic mass is 32.1. The van der Waals surface area contributed by atoms with Crippen molar-refractivity contribution < 1.29 is 4.74 Å². The molecule has 4 nitrogen and oxygen atoms in total. The third-order valence-electron chi connectivity index (χ3n) is 3.65. The fourth-order valence-electron chi connectivity index (χ4n) is 2.59. The summed E-state index contributed by atoms with van der Waals surface area (Å²) in [4.78, 5) is 7.88. The Bertz CT molecular complexity index is 582. The quantitative estimate of drug-likeness (QED) is 0.891. The molecule has 1 aromatic carbocycles. The zero-order valence-electron chi connectivity index (χ0n) is 13.0. The van der Waals surface area contributed by atoms with Crippen LogP contribution in [0.15, 0.2) is 29.8 Å². The Kier molecular flexibility index (Phi) is 5.33. The molecule has 0 amide bonds. The largest absolute Gasteiger partial charge is 0.497 e. The van der Waals surface area contributed by atoms with E-state index >= 15 is 0 Å². The van der Waals surface area contributed by atoms with E-state index in [-0.39, 0.29) is 12.1 Å². The molecule has 0 radical (unpaired) electrons. The van der Waals surface area contributed by atoms with Gasteiger partial charge in [-0.2, -0.15) is 0 Å². The van der Waals surface area contributed by atoms with Gasteiger partial charge in [-0.05, 0) is 38.6 Å². The van der Waals surface area contributed by atoms with Gasteiger partial charge in [0.2, 0.25) is 0 Å². The van der Waals surface area contributed by atoms with Gasteiger partial charge in [-0.1, -0.05) is 12.1 Å². The van der Waals surface area contributed by atoms with E-state index in [0.717, 1.165) is 18.0 Å². The predicted molar refractivity (Wildman–Crippen MR) is 87.7 cm³/mol. The van der Waals surface area contributed by atoms with E-state index < -0.39 is 0 Å². The molecule has 0 spiro atoms. The zero-order chi connectivity index (χ0) is 15.4. The number of methoxy groups -OCH3 is 1. The van der Waals surface area contributed by atoms with E-state index in [4.69, 9.17) is 10.5 Å². The second-order valence-corrected chi connectivity index (χ2v) is 6.30. The summed E-state index contributed by atoms with van der Waals surface area (Å²) >= 11 is 1.69. The Morgan fingerprint density at radius 1 is 1.43 bits per heavy atom. The van der Waals surface area contributed by atoms with E-state index in [0.29, 0.717) is 0 Å². The van der Waals surface area contributed by atoms with Gasteiger partial charge in [0.25, 0.3) is 0 Å². The first kappa shape index (κ1) is 15.9. The molecule has 0 fully saturated rings. The Balaban J connectivity index is 2.23. The number of nitrogens with zero attached hydrogens (tertiary/aromatic N) is 2. The van der Waals surface area contributed by atoms with Crippen molar-refractivity contribution in [3.63, 3.8) is 0 Å². The summed E-state index contributed by atoms with van der Waals surface area (Å²) in [6, 6.07) is 8.29. The maximum Gasteiger partial charge on any atom is 0.119 e. The summed E-state index contributed by atoms with van der Waals surface area (Å²) in [6.07, 6.45) is 0. The van der Waals surface area contributed by atoms with Crippen molar-refractivity contribution in [2.24, 2.45) is 5.73 Å². The molecule has 2 rings (SSSR count). The first-order valence-electron chi connectivity index (χ1n) is 7.01. The summed E-state index contributed by atoms with van der Waals surface area (Å²) in [5, 5.41) is 0. The lowest BCUT2D eigenvalue weighted by molar-refractivity contribution is 0.212. The highest BCUT2D eigenvalue weighted by Crippen LogP contribution is 2.28. The van der Waals surface area contributed by atoms with Gasteiger partial charge in [0.1, 0.15) is 5.75 Å². The van der Waals surface area contributed by atoms with Crippen molar-refractivity contribution in [1.82, 2.24) is 9.88 Å². The Labute approximate surface area is 130 Å². The van der Waals surface area contributed by atoms with Crippen molar-refractivity contribution >= 4 is 11.3 Å². The van der Waals surface area contributed by atoms with Crippen LogP contribution in [-0.4, -0.2) is 30.1 Å². The molecule has 0 bridgehead atoms. The number of likely N-dealkylation sites (N-methyl/N-ethyl adjacent to an activating group) is 1. The van der Waals surface area contributed by atoms with Gasteiger partial charge in [-0.15, -0.1) is 11.3 Å². The van der Waals surface area contributed by atoms with Crippen molar-refractivity contribution in [2.45, 2.75) is 32.5 Å². The van der Waals surface area contributed by atoms with Gasteiger partial charge in [0, 0.05) is 23.5 Å². The Morgan fingerprint density at radius 2 is 2.19 bits per heavy atom. The number of ether oxygens (including phenoxy) is 1. The SMILES string of the molecule is COc1cccc(C(C(C)N)N(C)Cc2scnc2C)c1. The third kappa shape index (κ3) is 3.81. The van der Waals surface area contributed by atoms with Crippen LogP contribution in [0.5, 0.6) is 5.75 Å². The normalized spacial score (nSPS) is 14.2. The summed E-state index contributed by atoms with van der Waals surface area (Å²) < 4.78 is 5.32. The molecule has 21 heavy (non-hydrogen) atoms. The molecule has 0 aliphatic carbocycles. The topological polar surface area (TPSA) is 51.4 Å². The lowest BCUT2D eigenvalue weighted by Crippen LogP contribution is -2.36. The summed E-state index contributed by atoms with van der Waals surface area (Å²) in [5.41, 5.74) is 10.4. The van der Waals surface area contributed by atoms with Crippen LogP contribution in [0.25, 0.3) is 0 Å². The lowest BCUT2D eigenvalue weighted by atomic mass is 9.99. The standard InChI is InChI=1S/C16H23N3OS/c1-11(17)16(13-6-5-7-14(8-13)20-4)19(3)9-15-12(2)18-10-21-15/h5-8,10-11,16H,9,17H2,1-4H3. The average Bonchev–Trinajstić information content (AvgIpc) is 2.84. The molecule has 5 heteroatoms. The second kappa shape index (κ2) is 7.02. The van der Waals surface area contributed by atoms with Crippen LogP contribution in [0.2, 0.25) is 0 Å². The molecular formula is C16H23N3OS. The van der Waals surface area contributed by atoms with Crippen LogP contribution >= 0.6 is 11.3 Å². The predicted octanol–water partition coefficient (Wildman–Crippen LogP) is 2.98. The van der Waals surface area contributed by atoms with Gasteiger partial charge in [-0.3, -0.25) is 4.90 Å². The molecule has 2 N–H and O–H groups in total. The number of aromatic nitrogens is 1. The molecule has 2 atom stereocenters. The molecule has 1 aromatic heterocycles. The molecule has 0 saturated heterocycles. The van der Waals surface area contributed by atoms with Crippen LogP contribution in [0, 0.1) is 6.92 Å². The number of nitrogens with two attached hydrogens (primary N) is 1. The molecule has 114 valence electrons. The third-order valence-corrected chi connectivity index (χ3v) is 4.57. The number of hydrogen-bond acceptors (Lipinski definition) is 5. The molecule has 2 unspecified atom stereocenters. The van der Waals surface area contributed by atoms with E-state index in [1.807, 2.05) is 31.5 Å². The second-order valence-electron chi connectivity index (χ2n) is 5.36. The van der Waals surface area contributed by atoms with Crippen LogP contribution in [0.3, 0.4) is 0 Å². The molecule has 1 heterocycles. The van der Waals surface area contributed by atoms with E-state index in [2.05, 4.69) is 29.1 Å². The summed E-state index contributed by atoms with van der Waals surface area (Å²) in [5.74, 6) is 0.862. The Morgan fingerprint density at radius 3 is 2.76 bits per heavy atom. The van der Waals surface area contributed by atoms with E-state index in [9.17, 15) is 0 Å². The number of thiazole rings is 1. The Hall–Kier alpha value is -1.43. The van der Waals surface area contributed by atoms with Crippen molar-refractivity contribution in [3.05, 3.63) is 45.9 Å². The van der Waals surface area contributed by atoms with Gasteiger partial charge in [0.05, 0.1) is 18.3 Å². The van der Waals surface area contributed by atoms with Gasteiger partial charge in [-0.25, -0.2) is 4.98 Å². The van der Waals surface area contributed by atoms with E-state index in [1.54, 1.807) is 18.4 Å². The monoisotopic (exact) mass is 305 g/mol. The van der Waals surface area contributed by atoms with Gasteiger partial charge >= 0.3 is 0 Å². The van der Waals surface area contributed by atoms with Crippen molar-refractivity contribution in [1.29, 1.82) is 0 Å². The average molecular weight is 305 g/mol. The van der Waals surface area contributed by atoms with Crippen molar-refractivity contribution in [2.75, 3.05) is 14.2 Å². The minimum Gasteiger partial charge on any atom is -0.497 e. The maximum absolute atomic E-state index is 6.23. The van der Waals surface area contributed by atoms with Crippen LogP contribution in [0.1, 0.15) is 29.1 Å². The first-order valence-corrected chi connectivity index (χ1v) is 7.89. The fourth-order valence-corrected chi connectivity index (χ4v) is 3.43. The lowest BCUT2D eigenvalue weighted by Gasteiger charge is -2.31. The van der Waals surface area contributed by atoms with Gasteiger partial charge < -0.3 is 10.5 Å². The number of benzene rings is 1. The van der Waals surface area contributed by atoms with Crippen LogP contribution in [-0.2, 0) is 6.54 Å². The number of hydrogen-bond donors (Lipinski definition) is 1. The molecule has 0 saturated carbocycles. The van der Waals surface area contributed by atoms with Crippen molar-refractivity contribution in [3.8, 4) is 5.75 Å². The highest BCUT2D eigenvalue weighted by Gasteiger charge is 2.22. The minimum absolute atomic E-state index is 0.0235. The zero-order valence-corrected chi connectivity index (χ0v) is 13.9. The summed E-state index contributed by atoms with van der Waals surface area (Å²) in [6.45, 7) is 4.94. The number of rotatable bonds is 6. The fraction of sp³-hybridized carbons (Fsp3) is 0.438.